The lowest BCUT2D eigenvalue weighted by atomic mass is 10.1. The van der Waals surface area contributed by atoms with Gasteiger partial charge in [-0.3, -0.25) is 14.5 Å². The second-order valence-electron chi connectivity index (χ2n) is 6.31. The van der Waals surface area contributed by atoms with Gasteiger partial charge in [0.25, 0.3) is 5.91 Å². The van der Waals surface area contributed by atoms with Crippen LogP contribution in [0.2, 0.25) is 0 Å². The predicted octanol–water partition coefficient (Wildman–Crippen LogP) is 0.0846. The lowest BCUT2D eigenvalue weighted by Crippen LogP contribution is -2.44. The largest absolute Gasteiger partial charge is 0.454 e. The SMILES string of the molecule is O=C(CC1NC(=O)N(Cc2ccc3c(c2)OCO3)C1=O)N1CCOCC1. The smallest absolute Gasteiger partial charge is 0.325 e. The van der Waals surface area contributed by atoms with Crippen LogP contribution in [0.4, 0.5) is 4.79 Å². The molecule has 4 rings (SSSR count). The fourth-order valence-corrected chi connectivity index (χ4v) is 3.20. The topological polar surface area (TPSA) is 97.4 Å². The summed E-state index contributed by atoms with van der Waals surface area (Å²) in [7, 11) is 0. The summed E-state index contributed by atoms with van der Waals surface area (Å²) >= 11 is 0. The van der Waals surface area contributed by atoms with Crippen molar-refractivity contribution in [1.29, 1.82) is 0 Å². The Labute approximate surface area is 149 Å². The number of amides is 4. The van der Waals surface area contributed by atoms with Gasteiger partial charge < -0.3 is 24.4 Å². The standard InChI is InChI=1S/C17H19N3O6/c21-15(19-3-5-24-6-4-19)8-12-16(22)20(17(23)18-12)9-11-1-2-13-14(7-11)26-10-25-13/h1-2,7,12H,3-6,8-10H2,(H,18,23). The molecule has 0 saturated carbocycles. The molecule has 1 aromatic carbocycles. The molecular formula is C17H19N3O6. The highest BCUT2D eigenvalue weighted by Gasteiger charge is 2.39. The molecule has 138 valence electrons. The van der Waals surface area contributed by atoms with Crippen molar-refractivity contribution in [2.75, 3.05) is 33.1 Å². The third kappa shape index (κ3) is 3.17. The maximum atomic E-state index is 12.6. The average molecular weight is 361 g/mol. The first kappa shape index (κ1) is 16.6. The Balaban J connectivity index is 1.39. The van der Waals surface area contributed by atoms with Gasteiger partial charge in [-0.05, 0) is 17.7 Å². The van der Waals surface area contributed by atoms with Crippen molar-refractivity contribution in [3.05, 3.63) is 23.8 Å². The molecular weight excluding hydrogens is 342 g/mol. The average Bonchev–Trinajstić information content (AvgIpc) is 3.22. The molecule has 3 heterocycles. The van der Waals surface area contributed by atoms with Crippen molar-refractivity contribution in [2.45, 2.75) is 19.0 Å². The number of fused-ring (bicyclic) bond motifs is 1. The van der Waals surface area contributed by atoms with E-state index in [0.717, 1.165) is 10.5 Å². The third-order valence-electron chi connectivity index (χ3n) is 4.63. The molecule has 26 heavy (non-hydrogen) atoms. The van der Waals surface area contributed by atoms with E-state index < -0.39 is 18.0 Å². The van der Waals surface area contributed by atoms with E-state index >= 15 is 0 Å². The lowest BCUT2D eigenvalue weighted by molar-refractivity contribution is -0.138. The Morgan fingerprint density at radius 3 is 2.73 bits per heavy atom. The molecule has 2 saturated heterocycles. The summed E-state index contributed by atoms with van der Waals surface area (Å²) in [6, 6.07) is 3.95. The van der Waals surface area contributed by atoms with Gasteiger partial charge in [-0.25, -0.2) is 4.79 Å². The quantitative estimate of drug-likeness (QED) is 0.763. The Hall–Kier alpha value is -2.81. The zero-order valence-corrected chi connectivity index (χ0v) is 14.1. The highest BCUT2D eigenvalue weighted by atomic mass is 16.7. The molecule has 1 atom stereocenters. The molecule has 0 spiro atoms. The number of benzene rings is 1. The van der Waals surface area contributed by atoms with Crippen LogP contribution in [-0.4, -0.2) is 66.8 Å². The minimum atomic E-state index is -0.827. The number of morpholine rings is 1. The molecule has 0 bridgehead atoms. The van der Waals surface area contributed by atoms with Crippen molar-refractivity contribution in [2.24, 2.45) is 0 Å². The van der Waals surface area contributed by atoms with E-state index in [2.05, 4.69) is 5.32 Å². The van der Waals surface area contributed by atoms with Gasteiger partial charge >= 0.3 is 6.03 Å². The van der Waals surface area contributed by atoms with E-state index in [1.807, 2.05) is 0 Å². The van der Waals surface area contributed by atoms with Gasteiger partial charge in [0.15, 0.2) is 11.5 Å². The van der Waals surface area contributed by atoms with Gasteiger partial charge in [-0.15, -0.1) is 0 Å². The van der Waals surface area contributed by atoms with Crippen LogP contribution in [0.3, 0.4) is 0 Å². The number of hydrogen-bond acceptors (Lipinski definition) is 6. The second kappa shape index (κ2) is 6.83. The van der Waals surface area contributed by atoms with Crippen LogP contribution in [0.5, 0.6) is 11.5 Å². The fourth-order valence-electron chi connectivity index (χ4n) is 3.20. The highest BCUT2D eigenvalue weighted by Crippen LogP contribution is 2.33. The van der Waals surface area contributed by atoms with Crippen molar-refractivity contribution in [3.63, 3.8) is 0 Å². The molecule has 9 nitrogen and oxygen atoms in total. The molecule has 3 aliphatic heterocycles. The Kier molecular flexibility index (Phi) is 4.37. The number of carbonyl (C=O) groups is 3. The Morgan fingerprint density at radius 2 is 1.92 bits per heavy atom. The summed E-state index contributed by atoms with van der Waals surface area (Å²) in [5.74, 6) is 0.680. The first-order valence-electron chi connectivity index (χ1n) is 8.48. The lowest BCUT2D eigenvalue weighted by Gasteiger charge is -2.27. The van der Waals surface area contributed by atoms with E-state index in [1.165, 1.54) is 0 Å². The number of nitrogens with one attached hydrogen (secondary N) is 1. The van der Waals surface area contributed by atoms with Crippen molar-refractivity contribution >= 4 is 17.8 Å². The summed E-state index contributed by atoms with van der Waals surface area (Å²) in [6.07, 6.45) is -0.0395. The molecule has 2 fully saturated rings. The summed E-state index contributed by atoms with van der Waals surface area (Å²) in [6.45, 7) is 2.28. The van der Waals surface area contributed by atoms with Crippen molar-refractivity contribution < 1.29 is 28.6 Å². The number of rotatable bonds is 4. The Bertz CT molecular complexity index is 746. The summed E-state index contributed by atoms with van der Waals surface area (Å²) in [5.41, 5.74) is 0.748. The molecule has 1 unspecified atom stereocenters. The van der Waals surface area contributed by atoms with E-state index in [1.54, 1.807) is 23.1 Å². The van der Waals surface area contributed by atoms with E-state index in [0.29, 0.717) is 37.8 Å². The number of urea groups is 1. The molecule has 0 radical (unpaired) electrons. The van der Waals surface area contributed by atoms with Gasteiger partial charge in [0.2, 0.25) is 12.7 Å². The van der Waals surface area contributed by atoms with Gasteiger partial charge in [-0.2, -0.15) is 0 Å². The van der Waals surface area contributed by atoms with E-state index in [9.17, 15) is 14.4 Å². The van der Waals surface area contributed by atoms with Crippen LogP contribution in [0.25, 0.3) is 0 Å². The number of ether oxygens (including phenoxy) is 3. The van der Waals surface area contributed by atoms with Crippen LogP contribution in [0, 0.1) is 0 Å². The predicted molar refractivity (Wildman–Crippen MR) is 87.5 cm³/mol. The fraction of sp³-hybridized carbons (Fsp3) is 0.471. The normalized spacial score (nSPS) is 21.9. The minimum Gasteiger partial charge on any atom is -0.454 e. The maximum absolute atomic E-state index is 12.6. The monoisotopic (exact) mass is 361 g/mol. The number of imide groups is 1. The minimum absolute atomic E-state index is 0.0395. The first-order chi connectivity index (χ1) is 12.6. The van der Waals surface area contributed by atoms with Crippen LogP contribution >= 0.6 is 0 Å². The molecule has 3 aliphatic rings. The van der Waals surface area contributed by atoms with Gasteiger partial charge in [-0.1, -0.05) is 6.07 Å². The molecule has 0 aromatic heterocycles. The summed E-state index contributed by atoms with van der Waals surface area (Å²) < 4.78 is 15.8. The van der Waals surface area contributed by atoms with Crippen LogP contribution in [0.15, 0.2) is 18.2 Å². The highest BCUT2D eigenvalue weighted by molar-refractivity contribution is 6.05. The molecule has 1 N–H and O–H groups in total. The number of hydrogen-bond donors (Lipinski definition) is 1. The molecule has 0 aliphatic carbocycles. The zero-order valence-electron chi connectivity index (χ0n) is 14.1. The van der Waals surface area contributed by atoms with Crippen molar-refractivity contribution in [1.82, 2.24) is 15.1 Å². The van der Waals surface area contributed by atoms with Gasteiger partial charge in [0.05, 0.1) is 26.2 Å². The van der Waals surface area contributed by atoms with Gasteiger partial charge in [0.1, 0.15) is 6.04 Å². The summed E-state index contributed by atoms with van der Waals surface area (Å²) in [4.78, 5) is 39.8. The summed E-state index contributed by atoms with van der Waals surface area (Å²) in [5, 5.41) is 2.60. The third-order valence-corrected chi connectivity index (χ3v) is 4.63. The van der Waals surface area contributed by atoms with Gasteiger partial charge in [0, 0.05) is 13.1 Å². The number of nitrogens with zero attached hydrogens (tertiary/aromatic N) is 2. The van der Waals surface area contributed by atoms with Crippen molar-refractivity contribution in [3.8, 4) is 11.5 Å². The number of carbonyl (C=O) groups excluding carboxylic acids is 3. The second-order valence-corrected chi connectivity index (χ2v) is 6.31. The Morgan fingerprint density at radius 1 is 1.15 bits per heavy atom. The van der Waals surface area contributed by atoms with Crippen LogP contribution in [-0.2, 0) is 20.9 Å². The zero-order chi connectivity index (χ0) is 18.1. The first-order valence-corrected chi connectivity index (χ1v) is 8.48. The van der Waals surface area contributed by atoms with Crippen LogP contribution in [0.1, 0.15) is 12.0 Å². The maximum Gasteiger partial charge on any atom is 0.325 e. The molecule has 1 aromatic rings. The molecule has 9 heteroatoms. The van der Waals surface area contributed by atoms with Crippen LogP contribution < -0.4 is 14.8 Å². The van der Waals surface area contributed by atoms with E-state index in [4.69, 9.17) is 14.2 Å². The molecule has 4 amide bonds. The van der Waals surface area contributed by atoms with E-state index in [-0.39, 0.29) is 25.7 Å².